The summed E-state index contributed by atoms with van der Waals surface area (Å²) in [7, 11) is 2.66. The lowest BCUT2D eigenvalue weighted by Crippen LogP contribution is -2.39. The topological polar surface area (TPSA) is 52.6 Å². The van der Waals surface area contributed by atoms with E-state index in [2.05, 4.69) is 9.47 Å². The Labute approximate surface area is 70.8 Å². The first-order chi connectivity index (χ1) is 5.70. The molecule has 0 heterocycles. The lowest BCUT2D eigenvalue weighted by molar-refractivity contribution is -0.164. The van der Waals surface area contributed by atoms with Gasteiger partial charge < -0.3 is 9.47 Å². The number of esters is 2. The fraction of sp³-hybridized carbons (Fsp3) is 0.750. The van der Waals surface area contributed by atoms with E-state index in [4.69, 9.17) is 0 Å². The maximum absolute atomic E-state index is 11.0. The van der Waals surface area contributed by atoms with Crippen LogP contribution in [0.15, 0.2) is 0 Å². The zero-order valence-electron chi connectivity index (χ0n) is 7.20. The van der Waals surface area contributed by atoms with Crippen molar-refractivity contribution in [2.45, 2.75) is 12.8 Å². The molecule has 0 N–H and O–H groups in total. The third kappa shape index (κ3) is 1.42. The van der Waals surface area contributed by atoms with E-state index in [0.717, 1.165) is 12.8 Å². The van der Waals surface area contributed by atoms with Crippen LogP contribution in [-0.2, 0) is 19.1 Å². The highest BCUT2D eigenvalue weighted by Gasteiger charge is 2.42. The van der Waals surface area contributed by atoms with Gasteiger partial charge in [0, 0.05) is 0 Å². The lowest BCUT2D eigenvalue weighted by atomic mass is 9.74. The van der Waals surface area contributed by atoms with E-state index in [1.165, 1.54) is 14.2 Å². The number of carbonyl (C=O) groups is 2. The first kappa shape index (κ1) is 9.03. The third-order valence-corrected chi connectivity index (χ3v) is 2.28. The van der Waals surface area contributed by atoms with Crippen LogP contribution in [0, 0.1) is 11.8 Å². The quantitative estimate of drug-likeness (QED) is 0.564. The molecule has 1 aliphatic carbocycles. The summed E-state index contributed by atoms with van der Waals surface area (Å²) in [5.74, 6) is -1.17. The van der Waals surface area contributed by atoms with Crippen LogP contribution in [0.3, 0.4) is 0 Å². The molecule has 1 rings (SSSR count). The van der Waals surface area contributed by atoms with Crippen LogP contribution >= 0.6 is 0 Å². The summed E-state index contributed by atoms with van der Waals surface area (Å²) in [4.78, 5) is 22.0. The summed E-state index contributed by atoms with van der Waals surface area (Å²) in [6, 6.07) is 0. The van der Waals surface area contributed by atoms with Gasteiger partial charge in [-0.1, -0.05) is 0 Å². The zero-order chi connectivity index (χ0) is 9.14. The van der Waals surface area contributed by atoms with Gasteiger partial charge in [-0.05, 0) is 12.8 Å². The van der Waals surface area contributed by atoms with Crippen molar-refractivity contribution in [1.29, 1.82) is 0 Å². The monoisotopic (exact) mass is 172 g/mol. The van der Waals surface area contributed by atoms with Gasteiger partial charge in [-0.15, -0.1) is 0 Å². The molecule has 68 valence electrons. The van der Waals surface area contributed by atoms with Crippen LogP contribution in [0.5, 0.6) is 0 Å². The minimum Gasteiger partial charge on any atom is -0.469 e. The Bertz CT molecular complexity index is 177. The highest BCUT2D eigenvalue weighted by Crippen LogP contribution is 2.35. The van der Waals surface area contributed by atoms with Crippen molar-refractivity contribution in [3.8, 4) is 0 Å². The van der Waals surface area contributed by atoms with Gasteiger partial charge in [-0.25, -0.2) is 0 Å². The van der Waals surface area contributed by atoms with Gasteiger partial charge in [-0.3, -0.25) is 9.59 Å². The van der Waals surface area contributed by atoms with E-state index in [1.54, 1.807) is 0 Å². The van der Waals surface area contributed by atoms with E-state index in [0.29, 0.717) is 0 Å². The molecular formula is C8H12O4. The largest absolute Gasteiger partial charge is 0.469 e. The van der Waals surface area contributed by atoms with Gasteiger partial charge in [0.2, 0.25) is 0 Å². The molecule has 0 amide bonds. The highest BCUT2D eigenvalue weighted by atomic mass is 16.5. The van der Waals surface area contributed by atoms with Gasteiger partial charge in [-0.2, -0.15) is 0 Å². The highest BCUT2D eigenvalue weighted by molar-refractivity contribution is 5.83. The Morgan fingerprint density at radius 1 is 1.00 bits per heavy atom. The third-order valence-electron chi connectivity index (χ3n) is 2.28. The smallest absolute Gasteiger partial charge is 0.309 e. The molecule has 0 radical (unpaired) electrons. The molecule has 12 heavy (non-hydrogen) atoms. The van der Waals surface area contributed by atoms with Crippen LogP contribution in [0.2, 0.25) is 0 Å². The van der Waals surface area contributed by atoms with Crippen LogP contribution in [-0.4, -0.2) is 26.2 Å². The van der Waals surface area contributed by atoms with Crippen molar-refractivity contribution < 1.29 is 19.1 Å². The minimum atomic E-state index is -0.309. The average Bonchev–Trinajstić information content (AvgIpc) is 2.02. The van der Waals surface area contributed by atoms with E-state index in [1.807, 2.05) is 0 Å². The first-order valence-electron chi connectivity index (χ1n) is 3.86. The van der Waals surface area contributed by atoms with Gasteiger partial charge in [0.15, 0.2) is 0 Å². The van der Waals surface area contributed by atoms with Crippen LogP contribution in [0.25, 0.3) is 0 Å². The Kier molecular flexibility index (Phi) is 2.68. The maximum Gasteiger partial charge on any atom is 0.309 e. The fourth-order valence-corrected chi connectivity index (χ4v) is 1.37. The van der Waals surface area contributed by atoms with Crippen molar-refractivity contribution >= 4 is 11.9 Å². The summed E-state index contributed by atoms with van der Waals surface area (Å²) in [5.41, 5.74) is 0. The predicted molar refractivity (Wildman–Crippen MR) is 40.2 cm³/mol. The molecule has 0 aromatic carbocycles. The second-order valence-electron chi connectivity index (χ2n) is 2.84. The van der Waals surface area contributed by atoms with Crippen molar-refractivity contribution in [1.82, 2.24) is 0 Å². The molecule has 0 spiro atoms. The predicted octanol–water partition coefficient (Wildman–Crippen LogP) is 0.359. The van der Waals surface area contributed by atoms with E-state index >= 15 is 0 Å². The van der Waals surface area contributed by atoms with E-state index < -0.39 is 0 Å². The SMILES string of the molecule is COC(=O)C1CC[C@H]1C(=O)OC. The molecule has 4 heteroatoms. The van der Waals surface area contributed by atoms with Crippen LogP contribution < -0.4 is 0 Å². The Hall–Kier alpha value is -1.06. The maximum atomic E-state index is 11.0. The summed E-state index contributed by atoms with van der Waals surface area (Å²) < 4.78 is 9.06. The molecule has 0 aromatic heterocycles. The standard InChI is InChI=1S/C8H12O4/c1-11-7(9)5-3-4-6(5)8(10)12-2/h5-6H,3-4H2,1-2H3/t5-,6?/m1/s1. The molecule has 1 aliphatic rings. The molecule has 0 bridgehead atoms. The number of methoxy groups -OCH3 is 2. The normalized spacial score (nSPS) is 27.2. The average molecular weight is 172 g/mol. The van der Waals surface area contributed by atoms with Crippen molar-refractivity contribution in [2.75, 3.05) is 14.2 Å². The Morgan fingerprint density at radius 2 is 1.33 bits per heavy atom. The van der Waals surface area contributed by atoms with Gasteiger partial charge in [0.1, 0.15) is 0 Å². The van der Waals surface area contributed by atoms with Gasteiger partial charge in [0.25, 0.3) is 0 Å². The summed E-state index contributed by atoms with van der Waals surface area (Å²) in [5, 5.41) is 0. The van der Waals surface area contributed by atoms with E-state index in [-0.39, 0.29) is 23.8 Å². The van der Waals surface area contributed by atoms with Crippen molar-refractivity contribution in [2.24, 2.45) is 11.8 Å². The number of hydrogen-bond donors (Lipinski definition) is 0. The van der Waals surface area contributed by atoms with E-state index in [9.17, 15) is 9.59 Å². The molecule has 1 unspecified atom stereocenters. The number of carbonyl (C=O) groups excluding carboxylic acids is 2. The molecule has 2 atom stereocenters. The molecule has 0 aromatic rings. The van der Waals surface area contributed by atoms with Gasteiger partial charge in [0.05, 0.1) is 26.1 Å². The second kappa shape index (κ2) is 3.56. The molecule has 1 saturated carbocycles. The summed E-state index contributed by atoms with van der Waals surface area (Å²) in [6.07, 6.45) is 1.46. The molecule has 4 nitrogen and oxygen atoms in total. The molecular weight excluding hydrogens is 160 g/mol. The Morgan fingerprint density at radius 3 is 1.50 bits per heavy atom. The number of ether oxygens (including phenoxy) is 2. The minimum absolute atomic E-state index is 0.276. The number of hydrogen-bond acceptors (Lipinski definition) is 4. The van der Waals surface area contributed by atoms with Gasteiger partial charge >= 0.3 is 11.9 Å². The second-order valence-corrected chi connectivity index (χ2v) is 2.84. The number of rotatable bonds is 2. The summed E-state index contributed by atoms with van der Waals surface area (Å²) >= 11 is 0. The molecule has 0 saturated heterocycles. The zero-order valence-corrected chi connectivity index (χ0v) is 7.20. The van der Waals surface area contributed by atoms with Crippen LogP contribution in [0.1, 0.15) is 12.8 Å². The Balaban J connectivity index is 2.49. The van der Waals surface area contributed by atoms with Crippen molar-refractivity contribution in [3.63, 3.8) is 0 Å². The fourth-order valence-electron chi connectivity index (χ4n) is 1.37. The summed E-state index contributed by atoms with van der Waals surface area (Å²) in [6.45, 7) is 0. The van der Waals surface area contributed by atoms with Crippen molar-refractivity contribution in [3.05, 3.63) is 0 Å². The lowest BCUT2D eigenvalue weighted by Gasteiger charge is -2.31. The van der Waals surface area contributed by atoms with Crippen LogP contribution in [0.4, 0.5) is 0 Å². The first-order valence-corrected chi connectivity index (χ1v) is 3.86. The molecule has 1 fully saturated rings. The molecule has 0 aliphatic heterocycles.